The van der Waals surface area contributed by atoms with Gasteiger partial charge in [-0.3, -0.25) is 0 Å². The monoisotopic (exact) mass is 222 g/mol. The van der Waals surface area contributed by atoms with Crippen molar-refractivity contribution >= 4 is 5.82 Å². The molecule has 0 saturated carbocycles. The fraction of sp³-hybridized carbons (Fsp3) is 0.615. The Bertz CT molecular complexity index is 289. The molecule has 0 aliphatic carbocycles. The van der Waals surface area contributed by atoms with Crippen molar-refractivity contribution in [3.8, 4) is 0 Å². The number of aromatic nitrogens is 1. The van der Waals surface area contributed by atoms with Crippen molar-refractivity contribution in [2.45, 2.75) is 39.7 Å². The highest BCUT2D eigenvalue weighted by molar-refractivity contribution is 5.43. The first-order valence-electron chi connectivity index (χ1n) is 6.14. The van der Waals surface area contributed by atoms with Gasteiger partial charge in [0.1, 0.15) is 5.82 Å². The van der Waals surface area contributed by atoms with E-state index in [0.717, 1.165) is 37.4 Å². The molecule has 1 heterocycles. The van der Waals surface area contributed by atoms with Crippen molar-refractivity contribution in [3.63, 3.8) is 0 Å². The second kappa shape index (κ2) is 8.11. The first-order chi connectivity index (χ1) is 7.88. The van der Waals surface area contributed by atoms with E-state index in [-0.39, 0.29) is 0 Å². The molecule has 1 N–H and O–H groups in total. The molecule has 0 amide bonds. The summed E-state index contributed by atoms with van der Waals surface area (Å²) in [5.41, 5.74) is 1.15. The Morgan fingerprint density at radius 3 is 2.94 bits per heavy atom. The van der Waals surface area contributed by atoms with Crippen LogP contribution in [0.15, 0.2) is 18.3 Å². The molecule has 3 heteroatoms. The van der Waals surface area contributed by atoms with Gasteiger partial charge in [-0.05, 0) is 18.9 Å². The quantitative estimate of drug-likeness (QED) is 0.686. The number of anilines is 1. The summed E-state index contributed by atoms with van der Waals surface area (Å²) in [4.78, 5) is 4.32. The first kappa shape index (κ1) is 13.0. The summed E-state index contributed by atoms with van der Waals surface area (Å²) in [6.07, 6.45) is 5.21. The SMILES string of the molecule is CCCCOCc1cccnc1NCCC. The molecular weight excluding hydrogens is 200 g/mol. The van der Waals surface area contributed by atoms with E-state index < -0.39 is 0 Å². The molecule has 0 radical (unpaired) electrons. The highest BCUT2D eigenvalue weighted by atomic mass is 16.5. The molecule has 3 nitrogen and oxygen atoms in total. The third-order valence-corrected chi connectivity index (χ3v) is 2.33. The normalized spacial score (nSPS) is 10.4. The molecule has 1 aromatic rings. The van der Waals surface area contributed by atoms with Gasteiger partial charge in [0.2, 0.25) is 0 Å². The van der Waals surface area contributed by atoms with E-state index >= 15 is 0 Å². The molecule has 90 valence electrons. The molecule has 0 aliphatic heterocycles. The van der Waals surface area contributed by atoms with E-state index in [2.05, 4.69) is 30.2 Å². The van der Waals surface area contributed by atoms with Crippen LogP contribution in [0.25, 0.3) is 0 Å². The Hall–Kier alpha value is -1.09. The van der Waals surface area contributed by atoms with Gasteiger partial charge in [0, 0.05) is 24.9 Å². The zero-order chi connectivity index (χ0) is 11.6. The van der Waals surface area contributed by atoms with Crippen LogP contribution < -0.4 is 5.32 Å². The van der Waals surface area contributed by atoms with Crippen LogP contribution in [0.2, 0.25) is 0 Å². The van der Waals surface area contributed by atoms with Gasteiger partial charge in [0.15, 0.2) is 0 Å². The van der Waals surface area contributed by atoms with Gasteiger partial charge in [-0.1, -0.05) is 26.3 Å². The number of hydrogen-bond donors (Lipinski definition) is 1. The third-order valence-electron chi connectivity index (χ3n) is 2.33. The van der Waals surface area contributed by atoms with Gasteiger partial charge in [0.25, 0.3) is 0 Å². The molecule has 0 atom stereocenters. The second-order valence-electron chi connectivity index (χ2n) is 3.84. The maximum Gasteiger partial charge on any atom is 0.131 e. The van der Waals surface area contributed by atoms with Crippen LogP contribution in [0, 0.1) is 0 Å². The Kier molecular flexibility index (Phi) is 6.58. The van der Waals surface area contributed by atoms with Gasteiger partial charge in [-0.2, -0.15) is 0 Å². The van der Waals surface area contributed by atoms with E-state index in [1.165, 1.54) is 6.42 Å². The molecule has 0 fully saturated rings. The van der Waals surface area contributed by atoms with E-state index in [4.69, 9.17) is 4.74 Å². The lowest BCUT2D eigenvalue weighted by Gasteiger charge is -2.10. The molecule has 0 spiro atoms. The number of unbranched alkanes of at least 4 members (excludes halogenated alkanes) is 1. The Labute approximate surface area is 98.2 Å². The number of ether oxygens (including phenoxy) is 1. The maximum atomic E-state index is 5.60. The van der Waals surface area contributed by atoms with Crippen LogP contribution in [0.1, 0.15) is 38.7 Å². The largest absolute Gasteiger partial charge is 0.377 e. The molecular formula is C13H22N2O. The van der Waals surface area contributed by atoms with Crippen molar-refractivity contribution < 1.29 is 4.74 Å². The standard InChI is InChI=1S/C13H22N2O/c1-3-5-10-16-11-12-7-6-9-15-13(12)14-8-4-2/h6-7,9H,3-5,8,10-11H2,1-2H3,(H,14,15). The summed E-state index contributed by atoms with van der Waals surface area (Å²) in [5.74, 6) is 0.959. The summed E-state index contributed by atoms with van der Waals surface area (Å²) in [5, 5.41) is 3.31. The molecule has 0 saturated heterocycles. The molecule has 0 unspecified atom stereocenters. The van der Waals surface area contributed by atoms with Gasteiger partial charge < -0.3 is 10.1 Å². The lowest BCUT2D eigenvalue weighted by Crippen LogP contribution is -2.06. The minimum Gasteiger partial charge on any atom is -0.377 e. The van der Waals surface area contributed by atoms with Crippen LogP contribution >= 0.6 is 0 Å². The maximum absolute atomic E-state index is 5.60. The number of pyridine rings is 1. The second-order valence-corrected chi connectivity index (χ2v) is 3.84. The van der Waals surface area contributed by atoms with Crippen LogP contribution in [-0.2, 0) is 11.3 Å². The minimum atomic E-state index is 0.653. The first-order valence-corrected chi connectivity index (χ1v) is 6.14. The van der Waals surface area contributed by atoms with E-state index in [9.17, 15) is 0 Å². The lowest BCUT2D eigenvalue weighted by atomic mass is 10.2. The zero-order valence-corrected chi connectivity index (χ0v) is 10.3. The van der Waals surface area contributed by atoms with Crippen LogP contribution in [0.5, 0.6) is 0 Å². The molecule has 0 bridgehead atoms. The van der Waals surface area contributed by atoms with Crippen molar-refractivity contribution in [1.82, 2.24) is 4.98 Å². The highest BCUT2D eigenvalue weighted by Gasteiger charge is 2.01. The van der Waals surface area contributed by atoms with Gasteiger partial charge in [0.05, 0.1) is 6.61 Å². The Morgan fingerprint density at radius 2 is 2.19 bits per heavy atom. The number of nitrogens with zero attached hydrogens (tertiary/aromatic N) is 1. The molecule has 0 aliphatic rings. The van der Waals surface area contributed by atoms with Gasteiger partial charge in [-0.15, -0.1) is 0 Å². The Morgan fingerprint density at radius 1 is 1.31 bits per heavy atom. The topological polar surface area (TPSA) is 34.1 Å². The van der Waals surface area contributed by atoms with Crippen molar-refractivity contribution in [3.05, 3.63) is 23.9 Å². The van der Waals surface area contributed by atoms with E-state index in [0.29, 0.717) is 6.61 Å². The number of rotatable bonds is 8. The Balaban J connectivity index is 2.43. The third kappa shape index (κ3) is 4.62. The summed E-state index contributed by atoms with van der Waals surface area (Å²) < 4.78 is 5.60. The molecule has 16 heavy (non-hydrogen) atoms. The average Bonchev–Trinajstić information content (AvgIpc) is 2.33. The molecule has 1 rings (SSSR count). The van der Waals surface area contributed by atoms with Crippen LogP contribution in [0.4, 0.5) is 5.82 Å². The highest BCUT2D eigenvalue weighted by Crippen LogP contribution is 2.12. The summed E-state index contributed by atoms with van der Waals surface area (Å²) in [6, 6.07) is 4.02. The van der Waals surface area contributed by atoms with E-state index in [1.54, 1.807) is 0 Å². The number of nitrogens with one attached hydrogen (secondary N) is 1. The van der Waals surface area contributed by atoms with Crippen LogP contribution in [0.3, 0.4) is 0 Å². The summed E-state index contributed by atoms with van der Waals surface area (Å²) in [6.45, 7) is 6.76. The van der Waals surface area contributed by atoms with Crippen molar-refractivity contribution in [2.75, 3.05) is 18.5 Å². The summed E-state index contributed by atoms with van der Waals surface area (Å²) >= 11 is 0. The van der Waals surface area contributed by atoms with Gasteiger partial charge >= 0.3 is 0 Å². The molecule has 0 aromatic carbocycles. The van der Waals surface area contributed by atoms with Gasteiger partial charge in [-0.25, -0.2) is 4.98 Å². The smallest absolute Gasteiger partial charge is 0.131 e. The predicted molar refractivity (Wildman–Crippen MR) is 67.6 cm³/mol. The number of hydrogen-bond acceptors (Lipinski definition) is 3. The summed E-state index contributed by atoms with van der Waals surface area (Å²) in [7, 11) is 0. The van der Waals surface area contributed by atoms with Crippen LogP contribution in [-0.4, -0.2) is 18.1 Å². The fourth-order valence-corrected chi connectivity index (χ4v) is 1.39. The zero-order valence-electron chi connectivity index (χ0n) is 10.3. The van der Waals surface area contributed by atoms with E-state index in [1.807, 2.05) is 12.3 Å². The minimum absolute atomic E-state index is 0.653. The molecule has 1 aromatic heterocycles. The lowest BCUT2D eigenvalue weighted by molar-refractivity contribution is 0.118. The van der Waals surface area contributed by atoms with Crippen molar-refractivity contribution in [1.29, 1.82) is 0 Å². The average molecular weight is 222 g/mol. The predicted octanol–water partition coefficient (Wildman–Crippen LogP) is 3.22. The van der Waals surface area contributed by atoms with Crippen molar-refractivity contribution in [2.24, 2.45) is 0 Å². The fourth-order valence-electron chi connectivity index (χ4n) is 1.39.